The molecular weight excluding hydrogens is 216 g/mol. The second-order valence-corrected chi connectivity index (χ2v) is 6.09. The fourth-order valence-electron chi connectivity index (χ4n) is 3.21. The Hall–Kier alpha value is 0.01000. The smallest absolute Gasteiger partial charge is 0.0114 e. The molecule has 2 aliphatic heterocycles. The van der Waals surface area contributed by atoms with Crippen molar-refractivity contribution >= 4 is 11.8 Å². The lowest BCUT2D eigenvalue weighted by Crippen LogP contribution is -2.48. The fourth-order valence-corrected chi connectivity index (χ4v) is 3.88. The summed E-state index contributed by atoms with van der Waals surface area (Å²) in [5, 5.41) is 3.46. The molecular formula is C13H24N2S. The molecule has 16 heavy (non-hydrogen) atoms. The topological polar surface area (TPSA) is 15.3 Å². The van der Waals surface area contributed by atoms with Crippen LogP contribution in [0.4, 0.5) is 0 Å². The first-order chi connectivity index (χ1) is 7.85. The molecule has 2 bridgehead atoms. The molecule has 0 spiro atoms. The number of thioether (sulfide) groups is 1. The van der Waals surface area contributed by atoms with Crippen LogP contribution in [0.3, 0.4) is 0 Å². The van der Waals surface area contributed by atoms with E-state index < -0.39 is 0 Å². The summed E-state index contributed by atoms with van der Waals surface area (Å²) in [6.45, 7) is 5.05. The molecule has 92 valence electrons. The third kappa shape index (κ3) is 2.82. The third-order valence-corrected chi connectivity index (χ3v) is 4.96. The number of hydrogen-bond acceptors (Lipinski definition) is 3. The zero-order chi connectivity index (χ0) is 11.4. The predicted molar refractivity (Wildman–Crippen MR) is 73.1 cm³/mol. The second-order valence-electron chi connectivity index (χ2n) is 4.94. The van der Waals surface area contributed by atoms with Gasteiger partial charge in [-0.3, -0.25) is 4.90 Å². The van der Waals surface area contributed by atoms with Gasteiger partial charge in [-0.25, -0.2) is 0 Å². The molecule has 0 aliphatic carbocycles. The largest absolute Gasteiger partial charge is 0.317 e. The van der Waals surface area contributed by atoms with Crippen LogP contribution in [0.1, 0.15) is 25.7 Å². The molecule has 0 saturated carbocycles. The summed E-state index contributed by atoms with van der Waals surface area (Å²) in [7, 11) is 2.11. The van der Waals surface area contributed by atoms with Crippen molar-refractivity contribution in [3.8, 4) is 0 Å². The van der Waals surface area contributed by atoms with Gasteiger partial charge in [0, 0.05) is 36.2 Å². The van der Waals surface area contributed by atoms with Crippen molar-refractivity contribution in [3.63, 3.8) is 0 Å². The van der Waals surface area contributed by atoms with Crippen molar-refractivity contribution in [2.24, 2.45) is 0 Å². The Morgan fingerprint density at radius 1 is 1.38 bits per heavy atom. The molecule has 0 radical (unpaired) electrons. The van der Waals surface area contributed by atoms with Crippen LogP contribution in [0.15, 0.2) is 12.7 Å². The maximum Gasteiger partial charge on any atom is 0.0114 e. The molecule has 2 unspecified atom stereocenters. The minimum atomic E-state index is 0.773. The highest BCUT2D eigenvalue weighted by atomic mass is 32.2. The SMILES string of the molecule is C=CCSCCN1C2CCC1CC(NC)C2. The Labute approximate surface area is 104 Å². The Morgan fingerprint density at radius 3 is 2.62 bits per heavy atom. The summed E-state index contributed by atoms with van der Waals surface area (Å²) in [6.07, 6.45) is 7.58. The fraction of sp³-hybridized carbons (Fsp3) is 0.846. The van der Waals surface area contributed by atoms with Crippen LogP contribution in [0, 0.1) is 0 Å². The first-order valence-electron chi connectivity index (χ1n) is 6.46. The van der Waals surface area contributed by atoms with Crippen LogP contribution in [0.2, 0.25) is 0 Å². The van der Waals surface area contributed by atoms with Gasteiger partial charge in [-0.2, -0.15) is 11.8 Å². The first kappa shape index (κ1) is 12.5. The van der Waals surface area contributed by atoms with Gasteiger partial charge in [-0.15, -0.1) is 6.58 Å². The van der Waals surface area contributed by atoms with Gasteiger partial charge in [-0.05, 0) is 32.7 Å². The maximum atomic E-state index is 3.77. The summed E-state index contributed by atoms with van der Waals surface area (Å²) in [5.74, 6) is 2.37. The lowest BCUT2D eigenvalue weighted by molar-refractivity contribution is 0.128. The molecule has 0 amide bonds. The lowest BCUT2D eigenvalue weighted by atomic mass is 9.98. The van der Waals surface area contributed by atoms with Crippen LogP contribution >= 0.6 is 11.8 Å². The molecule has 2 atom stereocenters. The zero-order valence-electron chi connectivity index (χ0n) is 10.3. The second kappa shape index (κ2) is 6.08. The van der Waals surface area contributed by atoms with Gasteiger partial charge in [0.15, 0.2) is 0 Å². The van der Waals surface area contributed by atoms with E-state index in [1.165, 1.54) is 38.0 Å². The van der Waals surface area contributed by atoms with Gasteiger partial charge in [0.25, 0.3) is 0 Å². The Bertz CT molecular complexity index is 218. The molecule has 2 rings (SSSR count). The zero-order valence-corrected chi connectivity index (χ0v) is 11.1. The van der Waals surface area contributed by atoms with Crippen molar-refractivity contribution in [2.45, 2.75) is 43.8 Å². The molecule has 2 nitrogen and oxygen atoms in total. The van der Waals surface area contributed by atoms with Gasteiger partial charge in [-0.1, -0.05) is 6.08 Å². The number of nitrogens with zero attached hydrogens (tertiary/aromatic N) is 1. The quantitative estimate of drug-likeness (QED) is 0.565. The molecule has 0 aromatic rings. The van der Waals surface area contributed by atoms with Crippen LogP contribution in [-0.2, 0) is 0 Å². The minimum absolute atomic E-state index is 0.773. The minimum Gasteiger partial charge on any atom is -0.317 e. The Balaban J connectivity index is 1.77. The van der Waals surface area contributed by atoms with Crippen LogP contribution in [0.5, 0.6) is 0 Å². The van der Waals surface area contributed by atoms with Crippen molar-refractivity contribution in [1.29, 1.82) is 0 Å². The van der Waals surface area contributed by atoms with Crippen LogP contribution < -0.4 is 5.32 Å². The average Bonchev–Trinajstić information content (AvgIpc) is 2.55. The average molecular weight is 240 g/mol. The monoisotopic (exact) mass is 240 g/mol. The Kier molecular flexibility index (Phi) is 4.74. The van der Waals surface area contributed by atoms with Gasteiger partial charge in [0.2, 0.25) is 0 Å². The number of nitrogens with one attached hydrogen (secondary N) is 1. The number of fused-ring (bicyclic) bond motifs is 2. The van der Waals surface area contributed by atoms with Gasteiger partial charge in [0.1, 0.15) is 0 Å². The maximum absolute atomic E-state index is 3.77. The molecule has 2 saturated heterocycles. The van der Waals surface area contributed by atoms with E-state index >= 15 is 0 Å². The standard InChI is InChI=1S/C13H24N2S/c1-3-7-16-8-6-15-12-4-5-13(15)10-11(9-12)14-2/h3,11-14H,1,4-10H2,2H3. The van der Waals surface area contributed by atoms with Crippen molar-refractivity contribution in [3.05, 3.63) is 12.7 Å². The van der Waals surface area contributed by atoms with E-state index in [4.69, 9.17) is 0 Å². The van der Waals surface area contributed by atoms with Gasteiger partial charge in [0.05, 0.1) is 0 Å². The van der Waals surface area contributed by atoms with E-state index in [2.05, 4.69) is 23.8 Å². The van der Waals surface area contributed by atoms with E-state index in [1.54, 1.807) is 0 Å². The number of rotatable bonds is 6. The normalized spacial score (nSPS) is 34.2. The van der Waals surface area contributed by atoms with E-state index in [0.717, 1.165) is 23.9 Å². The van der Waals surface area contributed by atoms with Crippen molar-refractivity contribution in [2.75, 3.05) is 25.1 Å². The molecule has 0 aromatic carbocycles. The van der Waals surface area contributed by atoms with Crippen molar-refractivity contribution in [1.82, 2.24) is 10.2 Å². The Morgan fingerprint density at radius 2 is 2.06 bits per heavy atom. The third-order valence-electron chi connectivity index (χ3n) is 4.02. The number of hydrogen-bond donors (Lipinski definition) is 1. The highest BCUT2D eigenvalue weighted by Crippen LogP contribution is 2.35. The van der Waals surface area contributed by atoms with Gasteiger partial charge < -0.3 is 5.32 Å². The van der Waals surface area contributed by atoms with E-state index in [9.17, 15) is 0 Å². The van der Waals surface area contributed by atoms with Crippen LogP contribution in [-0.4, -0.2) is 48.1 Å². The predicted octanol–water partition coefficient (Wildman–Crippen LogP) is 2.12. The highest BCUT2D eigenvalue weighted by Gasteiger charge is 2.39. The summed E-state index contributed by atoms with van der Waals surface area (Å²) >= 11 is 2.01. The molecule has 2 heterocycles. The van der Waals surface area contributed by atoms with E-state index in [0.29, 0.717) is 0 Å². The molecule has 1 N–H and O–H groups in total. The number of piperidine rings is 1. The first-order valence-corrected chi connectivity index (χ1v) is 7.62. The summed E-state index contributed by atoms with van der Waals surface area (Å²) < 4.78 is 0. The summed E-state index contributed by atoms with van der Waals surface area (Å²) in [5.41, 5.74) is 0. The van der Waals surface area contributed by atoms with E-state index in [-0.39, 0.29) is 0 Å². The highest BCUT2D eigenvalue weighted by molar-refractivity contribution is 7.99. The molecule has 2 aliphatic rings. The van der Waals surface area contributed by atoms with Gasteiger partial charge >= 0.3 is 0 Å². The molecule has 0 aromatic heterocycles. The molecule has 2 fully saturated rings. The summed E-state index contributed by atoms with van der Waals surface area (Å²) in [6, 6.07) is 2.50. The van der Waals surface area contributed by atoms with Crippen molar-refractivity contribution < 1.29 is 0 Å². The molecule has 3 heteroatoms. The lowest BCUT2D eigenvalue weighted by Gasteiger charge is -2.38. The summed E-state index contributed by atoms with van der Waals surface area (Å²) in [4.78, 5) is 2.77. The van der Waals surface area contributed by atoms with Crippen LogP contribution in [0.25, 0.3) is 0 Å². The van der Waals surface area contributed by atoms with E-state index in [1.807, 2.05) is 17.8 Å².